The molecule has 5 rings (SSSR count). The highest BCUT2D eigenvalue weighted by Crippen LogP contribution is 2.36. The van der Waals surface area contributed by atoms with E-state index in [-0.39, 0.29) is 29.6 Å². The van der Waals surface area contributed by atoms with Gasteiger partial charge in [0.15, 0.2) is 0 Å². The molecular weight excluding hydrogens is 446 g/mol. The zero-order valence-electron chi connectivity index (χ0n) is 18.0. The minimum atomic E-state index is -3.81. The van der Waals surface area contributed by atoms with Crippen molar-refractivity contribution in [2.24, 2.45) is 0 Å². The molecular formula is C22H25N5O5S. The third-order valence-corrected chi connectivity index (χ3v) is 8.28. The van der Waals surface area contributed by atoms with Gasteiger partial charge in [-0.25, -0.2) is 13.4 Å². The van der Waals surface area contributed by atoms with E-state index in [9.17, 15) is 18.5 Å². The van der Waals surface area contributed by atoms with E-state index >= 15 is 0 Å². The summed E-state index contributed by atoms with van der Waals surface area (Å²) < 4.78 is 32.4. The van der Waals surface area contributed by atoms with Crippen molar-refractivity contribution in [3.05, 3.63) is 58.4 Å². The SMILES string of the molecule is O=[N+]([O-])c1cc(S(=O)(=O)N2CCOCC2)ccc1N1CCC(c2nc3ccccc3[nH]2)CC1. The third-order valence-electron chi connectivity index (χ3n) is 6.38. The number of ether oxygens (including phenoxy) is 1. The quantitative estimate of drug-likeness (QED) is 0.448. The van der Waals surface area contributed by atoms with E-state index in [4.69, 9.17) is 9.72 Å². The summed E-state index contributed by atoms with van der Waals surface area (Å²) in [6, 6.07) is 12.1. The number of sulfonamides is 1. The number of hydrogen-bond acceptors (Lipinski definition) is 7. The summed E-state index contributed by atoms with van der Waals surface area (Å²) in [5.74, 6) is 1.19. The van der Waals surface area contributed by atoms with Crippen molar-refractivity contribution < 1.29 is 18.1 Å². The summed E-state index contributed by atoms with van der Waals surface area (Å²) in [7, 11) is -3.81. The van der Waals surface area contributed by atoms with Crippen molar-refractivity contribution in [1.82, 2.24) is 14.3 Å². The van der Waals surface area contributed by atoms with Crippen LogP contribution in [0.4, 0.5) is 11.4 Å². The van der Waals surface area contributed by atoms with Gasteiger partial charge in [0.1, 0.15) is 11.5 Å². The molecule has 0 spiro atoms. The molecule has 11 heteroatoms. The Labute approximate surface area is 191 Å². The topological polar surface area (TPSA) is 122 Å². The summed E-state index contributed by atoms with van der Waals surface area (Å²) in [5, 5.41) is 11.8. The summed E-state index contributed by atoms with van der Waals surface area (Å²) in [6.07, 6.45) is 1.59. The number of piperidine rings is 1. The highest BCUT2D eigenvalue weighted by Gasteiger charge is 2.31. The van der Waals surface area contributed by atoms with Gasteiger partial charge >= 0.3 is 0 Å². The number of morpholine rings is 1. The first-order valence-corrected chi connectivity index (χ1v) is 12.4. The molecule has 0 radical (unpaired) electrons. The number of H-pyrrole nitrogens is 1. The fourth-order valence-corrected chi connectivity index (χ4v) is 6.00. The molecule has 3 heterocycles. The molecule has 174 valence electrons. The number of aromatic nitrogens is 2. The maximum atomic E-state index is 12.9. The van der Waals surface area contributed by atoms with Crippen molar-refractivity contribution in [2.45, 2.75) is 23.7 Å². The second-order valence-electron chi connectivity index (χ2n) is 8.32. The first-order valence-electron chi connectivity index (χ1n) is 11.0. The number of aromatic amines is 1. The van der Waals surface area contributed by atoms with Gasteiger partial charge in [-0.15, -0.1) is 0 Å². The Morgan fingerprint density at radius 2 is 1.79 bits per heavy atom. The summed E-state index contributed by atoms with van der Waals surface area (Å²) >= 11 is 0. The summed E-state index contributed by atoms with van der Waals surface area (Å²) in [6.45, 7) is 2.37. The number of benzene rings is 2. The second-order valence-corrected chi connectivity index (χ2v) is 10.3. The van der Waals surface area contributed by atoms with E-state index in [2.05, 4.69) is 4.98 Å². The van der Waals surface area contributed by atoms with E-state index < -0.39 is 14.9 Å². The number of para-hydroxylation sites is 2. The average molecular weight is 472 g/mol. The van der Waals surface area contributed by atoms with Crippen molar-refractivity contribution in [3.63, 3.8) is 0 Å². The third kappa shape index (κ3) is 4.19. The van der Waals surface area contributed by atoms with E-state index in [1.807, 2.05) is 29.2 Å². The Balaban J connectivity index is 1.35. The van der Waals surface area contributed by atoms with Crippen molar-refractivity contribution in [3.8, 4) is 0 Å². The van der Waals surface area contributed by atoms with Gasteiger partial charge < -0.3 is 14.6 Å². The van der Waals surface area contributed by atoms with Crippen LogP contribution in [0.2, 0.25) is 0 Å². The number of fused-ring (bicyclic) bond motifs is 1. The van der Waals surface area contributed by atoms with Crippen LogP contribution in [0.5, 0.6) is 0 Å². The van der Waals surface area contributed by atoms with Gasteiger partial charge in [0, 0.05) is 38.2 Å². The lowest BCUT2D eigenvalue weighted by Gasteiger charge is -2.32. The molecule has 2 aliphatic rings. The average Bonchev–Trinajstić information content (AvgIpc) is 3.29. The fraction of sp³-hybridized carbons (Fsp3) is 0.409. The lowest BCUT2D eigenvalue weighted by Crippen LogP contribution is -2.40. The van der Waals surface area contributed by atoms with Crippen LogP contribution in [-0.4, -0.2) is 67.0 Å². The molecule has 0 saturated carbocycles. The highest BCUT2D eigenvalue weighted by molar-refractivity contribution is 7.89. The molecule has 2 aliphatic heterocycles. The largest absolute Gasteiger partial charge is 0.379 e. The number of nitrogens with zero attached hydrogens (tertiary/aromatic N) is 4. The Morgan fingerprint density at radius 3 is 2.48 bits per heavy atom. The number of imidazole rings is 1. The van der Waals surface area contributed by atoms with Crippen LogP contribution in [0.25, 0.3) is 11.0 Å². The highest BCUT2D eigenvalue weighted by atomic mass is 32.2. The molecule has 1 aromatic heterocycles. The smallest absolute Gasteiger partial charge is 0.293 e. The van der Waals surface area contributed by atoms with E-state index in [1.54, 1.807) is 6.07 Å². The monoisotopic (exact) mass is 471 g/mol. The maximum absolute atomic E-state index is 12.9. The predicted molar refractivity (Wildman–Crippen MR) is 123 cm³/mol. The van der Waals surface area contributed by atoms with Crippen molar-refractivity contribution in [2.75, 3.05) is 44.3 Å². The minimum absolute atomic E-state index is 0.0583. The van der Waals surface area contributed by atoms with E-state index in [0.717, 1.165) is 29.7 Å². The number of nitrogens with one attached hydrogen (secondary N) is 1. The first kappa shape index (κ1) is 21.8. The second kappa shape index (κ2) is 8.73. The van der Waals surface area contributed by atoms with E-state index in [0.29, 0.717) is 32.0 Å². The van der Waals surface area contributed by atoms with Gasteiger partial charge in [-0.3, -0.25) is 10.1 Å². The molecule has 0 bridgehead atoms. The molecule has 1 N–H and O–H groups in total. The van der Waals surface area contributed by atoms with Gasteiger partial charge in [0.05, 0.1) is 34.1 Å². The number of hydrogen-bond donors (Lipinski definition) is 1. The zero-order chi connectivity index (χ0) is 23.0. The summed E-state index contributed by atoms with van der Waals surface area (Å²) in [4.78, 5) is 21.3. The minimum Gasteiger partial charge on any atom is -0.379 e. The molecule has 3 aromatic rings. The van der Waals surface area contributed by atoms with E-state index in [1.165, 1.54) is 16.4 Å². The van der Waals surface area contributed by atoms with Gasteiger partial charge in [-0.2, -0.15) is 4.31 Å². The number of nitro benzene ring substituents is 1. The molecule has 0 amide bonds. The van der Waals surface area contributed by atoms with Crippen molar-refractivity contribution >= 4 is 32.4 Å². The lowest BCUT2D eigenvalue weighted by atomic mass is 9.95. The number of nitro groups is 1. The standard InChI is InChI=1S/C22H25N5O5S/c28-27(29)21-15-17(33(30,31)26-11-13-32-14-12-26)5-6-20(21)25-9-7-16(8-10-25)22-23-18-3-1-2-4-19(18)24-22/h1-6,15-16H,7-14H2,(H,23,24). The van der Waals surface area contributed by atoms with Crippen LogP contribution < -0.4 is 4.90 Å². The first-order chi connectivity index (χ1) is 15.9. The number of rotatable bonds is 5. The summed E-state index contributed by atoms with van der Waals surface area (Å²) in [5.41, 5.74) is 2.20. The Bertz CT molecular complexity index is 1240. The van der Waals surface area contributed by atoms with Crippen molar-refractivity contribution in [1.29, 1.82) is 0 Å². The number of anilines is 1. The van der Waals surface area contributed by atoms with Crippen LogP contribution in [0.3, 0.4) is 0 Å². The molecule has 0 aliphatic carbocycles. The molecule has 0 atom stereocenters. The molecule has 10 nitrogen and oxygen atoms in total. The normalized spacial score (nSPS) is 18.6. The van der Waals surface area contributed by atoms with Crippen LogP contribution in [0, 0.1) is 10.1 Å². The van der Waals surface area contributed by atoms with Crippen LogP contribution in [0.15, 0.2) is 47.4 Å². The predicted octanol–water partition coefficient (Wildman–Crippen LogP) is 2.88. The fourth-order valence-electron chi connectivity index (χ4n) is 4.57. The zero-order valence-corrected chi connectivity index (χ0v) is 18.8. The van der Waals surface area contributed by atoms with Crippen LogP contribution >= 0.6 is 0 Å². The van der Waals surface area contributed by atoms with Gasteiger partial charge in [0.2, 0.25) is 10.0 Å². The molecule has 0 unspecified atom stereocenters. The van der Waals surface area contributed by atoms with Crippen LogP contribution in [-0.2, 0) is 14.8 Å². The molecule has 33 heavy (non-hydrogen) atoms. The molecule has 2 fully saturated rings. The van der Waals surface area contributed by atoms with Crippen LogP contribution in [0.1, 0.15) is 24.6 Å². The Morgan fingerprint density at radius 1 is 1.06 bits per heavy atom. The van der Waals surface area contributed by atoms with Gasteiger partial charge in [0.25, 0.3) is 5.69 Å². The molecule has 2 aromatic carbocycles. The Kier molecular flexibility index (Phi) is 5.77. The Hall–Kier alpha value is -3.02. The van der Waals surface area contributed by atoms with Gasteiger partial charge in [-0.05, 0) is 37.1 Å². The molecule has 2 saturated heterocycles. The maximum Gasteiger partial charge on any atom is 0.293 e. The van der Waals surface area contributed by atoms with Gasteiger partial charge in [-0.1, -0.05) is 12.1 Å². The lowest BCUT2D eigenvalue weighted by molar-refractivity contribution is -0.384.